The lowest BCUT2D eigenvalue weighted by Gasteiger charge is -2.34. The van der Waals surface area contributed by atoms with E-state index < -0.39 is 0 Å². The molecule has 1 N–H and O–H groups in total. The first-order valence-corrected chi connectivity index (χ1v) is 8.90. The van der Waals surface area contributed by atoms with Crippen molar-refractivity contribution in [1.29, 1.82) is 0 Å². The molecule has 5 heteroatoms. The number of carbonyl (C=O) groups excluding carboxylic acids is 1. The minimum absolute atomic E-state index is 0.0627. The molecule has 1 amide bonds. The normalized spacial score (nSPS) is 19.4. The van der Waals surface area contributed by atoms with Gasteiger partial charge in [-0.05, 0) is 35.6 Å². The standard InChI is InChI=1S/C20H23N3O2/c24-20(22-18-12-15-4-1-2-5-16(15)13-18)19(17-6-3-7-21-14-17)23-8-10-25-11-9-23/h1-7,14,18-19H,8-13H2,(H,22,24). The molecule has 1 fully saturated rings. The highest BCUT2D eigenvalue weighted by Gasteiger charge is 2.32. The van der Waals surface area contributed by atoms with Gasteiger partial charge in [-0.15, -0.1) is 0 Å². The monoisotopic (exact) mass is 337 g/mol. The van der Waals surface area contributed by atoms with E-state index in [0.29, 0.717) is 13.2 Å². The molecule has 5 nitrogen and oxygen atoms in total. The molecule has 1 aromatic carbocycles. The third-order valence-corrected chi connectivity index (χ3v) is 5.06. The molecule has 4 rings (SSSR count). The number of ether oxygens (including phenoxy) is 1. The Bertz CT molecular complexity index is 704. The van der Waals surface area contributed by atoms with Gasteiger partial charge in [0.1, 0.15) is 6.04 Å². The molecule has 0 radical (unpaired) electrons. The molecule has 0 saturated carbocycles. The smallest absolute Gasteiger partial charge is 0.242 e. The minimum atomic E-state index is -0.304. The number of hydrogen-bond acceptors (Lipinski definition) is 4. The van der Waals surface area contributed by atoms with Crippen molar-refractivity contribution >= 4 is 5.91 Å². The Balaban J connectivity index is 1.50. The maximum absolute atomic E-state index is 13.1. The molecule has 2 aromatic rings. The summed E-state index contributed by atoms with van der Waals surface area (Å²) in [5.74, 6) is 0.0627. The molecule has 2 heterocycles. The lowest BCUT2D eigenvalue weighted by Crippen LogP contribution is -2.48. The number of fused-ring (bicyclic) bond motifs is 1. The molecular weight excluding hydrogens is 314 g/mol. The van der Waals surface area contributed by atoms with Crippen molar-refractivity contribution < 1.29 is 9.53 Å². The summed E-state index contributed by atoms with van der Waals surface area (Å²) >= 11 is 0. The van der Waals surface area contributed by atoms with Gasteiger partial charge in [-0.25, -0.2) is 0 Å². The highest BCUT2D eigenvalue weighted by atomic mass is 16.5. The summed E-state index contributed by atoms with van der Waals surface area (Å²) in [6.45, 7) is 2.85. The zero-order valence-electron chi connectivity index (χ0n) is 14.2. The van der Waals surface area contributed by atoms with Crippen LogP contribution in [0.25, 0.3) is 0 Å². The van der Waals surface area contributed by atoms with E-state index in [2.05, 4.69) is 39.5 Å². The summed E-state index contributed by atoms with van der Waals surface area (Å²) in [6.07, 6.45) is 5.35. The van der Waals surface area contributed by atoms with Gasteiger partial charge in [-0.1, -0.05) is 30.3 Å². The summed E-state index contributed by atoms with van der Waals surface area (Å²) in [6, 6.07) is 12.2. The van der Waals surface area contributed by atoms with Crippen LogP contribution in [0.1, 0.15) is 22.7 Å². The van der Waals surface area contributed by atoms with E-state index in [9.17, 15) is 4.79 Å². The van der Waals surface area contributed by atoms with E-state index in [4.69, 9.17) is 4.74 Å². The number of pyridine rings is 1. The maximum Gasteiger partial charge on any atom is 0.242 e. The van der Waals surface area contributed by atoms with E-state index in [0.717, 1.165) is 31.5 Å². The van der Waals surface area contributed by atoms with E-state index >= 15 is 0 Å². The molecule has 1 saturated heterocycles. The average Bonchev–Trinajstić information content (AvgIpc) is 3.06. The highest BCUT2D eigenvalue weighted by Crippen LogP contribution is 2.25. The molecule has 0 bridgehead atoms. The van der Waals surface area contributed by atoms with Crippen molar-refractivity contribution in [3.63, 3.8) is 0 Å². The van der Waals surface area contributed by atoms with Gasteiger partial charge in [-0.3, -0.25) is 14.7 Å². The van der Waals surface area contributed by atoms with Gasteiger partial charge in [0, 0.05) is 31.5 Å². The Labute approximate surface area is 148 Å². The topological polar surface area (TPSA) is 54.5 Å². The van der Waals surface area contributed by atoms with Crippen molar-refractivity contribution in [2.75, 3.05) is 26.3 Å². The van der Waals surface area contributed by atoms with Crippen molar-refractivity contribution in [2.24, 2.45) is 0 Å². The lowest BCUT2D eigenvalue weighted by atomic mass is 10.0. The Morgan fingerprint density at radius 2 is 1.84 bits per heavy atom. The third-order valence-electron chi connectivity index (χ3n) is 5.06. The molecule has 2 aliphatic rings. The molecule has 130 valence electrons. The van der Waals surface area contributed by atoms with Gasteiger partial charge in [0.2, 0.25) is 5.91 Å². The predicted molar refractivity (Wildman–Crippen MR) is 95.2 cm³/mol. The highest BCUT2D eigenvalue weighted by molar-refractivity contribution is 5.83. The Kier molecular flexibility index (Phi) is 4.76. The van der Waals surface area contributed by atoms with Crippen LogP contribution < -0.4 is 5.32 Å². The average molecular weight is 337 g/mol. The van der Waals surface area contributed by atoms with Crippen LogP contribution in [0.3, 0.4) is 0 Å². The number of aromatic nitrogens is 1. The first-order chi connectivity index (χ1) is 12.3. The van der Waals surface area contributed by atoms with Gasteiger partial charge in [-0.2, -0.15) is 0 Å². The summed E-state index contributed by atoms with van der Waals surface area (Å²) < 4.78 is 5.45. The van der Waals surface area contributed by atoms with Gasteiger partial charge < -0.3 is 10.1 Å². The molecule has 25 heavy (non-hydrogen) atoms. The summed E-state index contributed by atoms with van der Waals surface area (Å²) in [7, 11) is 0. The second-order valence-corrected chi connectivity index (χ2v) is 6.72. The number of carbonyl (C=O) groups is 1. The van der Waals surface area contributed by atoms with Crippen LogP contribution in [-0.2, 0) is 22.4 Å². The number of nitrogens with zero attached hydrogens (tertiary/aromatic N) is 2. The number of morpholine rings is 1. The number of amides is 1. The van der Waals surface area contributed by atoms with E-state index in [1.165, 1.54) is 11.1 Å². The lowest BCUT2D eigenvalue weighted by molar-refractivity contribution is -0.129. The molecule has 1 atom stereocenters. The Hall–Kier alpha value is -2.24. The van der Waals surface area contributed by atoms with Crippen molar-refractivity contribution in [1.82, 2.24) is 15.2 Å². The first-order valence-electron chi connectivity index (χ1n) is 8.90. The molecule has 1 aliphatic carbocycles. The predicted octanol–water partition coefficient (Wildman–Crippen LogP) is 1.74. The number of hydrogen-bond donors (Lipinski definition) is 1. The van der Waals surface area contributed by atoms with Gasteiger partial charge in [0.15, 0.2) is 0 Å². The van der Waals surface area contributed by atoms with Crippen molar-refractivity contribution in [2.45, 2.75) is 24.9 Å². The van der Waals surface area contributed by atoms with Crippen LogP contribution in [0.5, 0.6) is 0 Å². The van der Waals surface area contributed by atoms with Crippen LogP contribution in [0.15, 0.2) is 48.8 Å². The largest absolute Gasteiger partial charge is 0.379 e. The second kappa shape index (κ2) is 7.33. The fourth-order valence-corrected chi connectivity index (χ4v) is 3.84. The second-order valence-electron chi connectivity index (χ2n) is 6.72. The van der Waals surface area contributed by atoms with E-state index in [-0.39, 0.29) is 18.0 Å². The van der Waals surface area contributed by atoms with Crippen LogP contribution in [0.2, 0.25) is 0 Å². The summed E-state index contributed by atoms with van der Waals surface area (Å²) in [5, 5.41) is 3.27. The zero-order chi connectivity index (χ0) is 17.1. The fourth-order valence-electron chi connectivity index (χ4n) is 3.84. The van der Waals surface area contributed by atoms with Gasteiger partial charge >= 0.3 is 0 Å². The van der Waals surface area contributed by atoms with Gasteiger partial charge in [0.05, 0.1) is 13.2 Å². The minimum Gasteiger partial charge on any atom is -0.379 e. The summed E-state index contributed by atoms with van der Waals surface area (Å²) in [5.41, 5.74) is 3.63. The quantitative estimate of drug-likeness (QED) is 0.923. The molecule has 1 unspecified atom stereocenters. The number of nitrogens with one attached hydrogen (secondary N) is 1. The number of rotatable bonds is 4. The van der Waals surface area contributed by atoms with Crippen LogP contribution in [0.4, 0.5) is 0 Å². The van der Waals surface area contributed by atoms with Crippen LogP contribution in [0, 0.1) is 0 Å². The van der Waals surface area contributed by atoms with Crippen LogP contribution >= 0.6 is 0 Å². The Morgan fingerprint density at radius 1 is 1.12 bits per heavy atom. The molecular formula is C20H23N3O2. The Morgan fingerprint density at radius 3 is 2.48 bits per heavy atom. The van der Waals surface area contributed by atoms with Crippen LogP contribution in [-0.4, -0.2) is 48.1 Å². The van der Waals surface area contributed by atoms with Gasteiger partial charge in [0.25, 0.3) is 0 Å². The van der Waals surface area contributed by atoms with E-state index in [1.807, 2.05) is 12.1 Å². The molecule has 0 spiro atoms. The first kappa shape index (κ1) is 16.2. The zero-order valence-corrected chi connectivity index (χ0v) is 14.2. The van der Waals surface area contributed by atoms with E-state index in [1.54, 1.807) is 12.4 Å². The fraction of sp³-hybridized carbons (Fsp3) is 0.400. The third kappa shape index (κ3) is 3.57. The number of benzene rings is 1. The molecule has 1 aromatic heterocycles. The molecule has 1 aliphatic heterocycles. The summed E-state index contributed by atoms with van der Waals surface area (Å²) in [4.78, 5) is 19.5. The van der Waals surface area contributed by atoms with Crippen molar-refractivity contribution in [3.05, 3.63) is 65.5 Å². The van der Waals surface area contributed by atoms with Crippen molar-refractivity contribution in [3.8, 4) is 0 Å². The SMILES string of the molecule is O=C(NC1Cc2ccccc2C1)C(c1cccnc1)N1CCOCC1. The maximum atomic E-state index is 13.1.